The molecule has 0 aliphatic rings. The number of benzene rings is 2. The SMILES string of the molecule is COc1ccccc1/C=C/[Si](C)(C#C[Si](C(C)C)(C(C)C)C(C)C)c1ccccc1. The van der Waals surface area contributed by atoms with Gasteiger partial charge in [0.15, 0.2) is 8.07 Å². The van der Waals surface area contributed by atoms with Crippen LogP contribution in [0, 0.1) is 11.1 Å². The molecule has 0 heterocycles. The molecule has 0 aromatic heterocycles. The number of hydrogen-bond acceptors (Lipinski definition) is 1. The van der Waals surface area contributed by atoms with Crippen molar-refractivity contribution in [2.75, 3.05) is 7.11 Å². The average Bonchev–Trinajstić information content (AvgIpc) is 2.72. The van der Waals surface area contributed by atoms with E-state index in [1.54, 1.807) is 7.11 Å². The van der Waals surface area contributed by atoms with Gasteiger partial charge in [-0.25, -0.2) is 0 Å². The number of ether oxygens (including phenoxy) is 1. The summed E-state index contributed by atoms with van der Waals surface area (Å²) in [5, 5.41) is 1.36. The third kappa shape index (κ3) is 5.17. The molecule has 1 nitrogen and oxygen atoms in total. The van der Waals surface area contributed by atoms with Crippen molar-refractivity contribution in [2.45, 2.75) is 64.7 Å². The van der Waals surface area contributed by atoms with Crippen molar-refractivity contribution in [2.24, 2.45) is 0 Å². The number of rotatable bonds is 7. The lowest BCUT2D eigenvalue weighted by Gasteiger charge is -2.38. The predicted molar refractivity (Wildman–Crippen MR) is 139 cm³/mol. The van der Waals surface area contributed by atoms with Crippen molar-refractivity contribution in [3.63, 3.8) is 0 Å². The third-order valence-corrected chi connectivity index (χ3v) is 16.1. The maximum absolute atomic E-state index is 5.56. The average molecular weight is 435 g/mol. The second-order valence-electron chi connectivity index (χ2n) is 9.29. The molecule has 0 N–H and O–H groups in total. The summed E-state index contributed by atoms with van der Waals surface area (Å²) in [7, 11) is -2.20. The van der Waals surface area contributed by atoms with E-state index in [-0.39, 0.29) is 0 Å². The van der Waals surface area contributed by atoms with E-state index in [1.165, 1.54) is 5.19 Å². The fraction of sp³-hybridized carbons (Fsp3) is 0.407. The van der Waals surface area contributed by atoms with Gasteiger partial charge >= 0.3 is 0 Å². The molecule has 0 aliphatic heterocycles. The molecule has 0 amide bonds. The van der Waals surface area contributed by atoms with Crippen LogP contribution in [-0.4, -0.2) is 23.3 Å². The van der Waals surface area contributed by atoms with Gasteiger partial charge in [0.05, 0.1) is 7.11 Å². The van der Waals surface area contributed by atoms with Crippen LogP contribution in [0.4, 0.5) is 0 Å². The Morgan fingerprint density at radius 1 is 0.767 bits per heavy atom. The lowest BCUT2D eigenvalue weighted by Crippen LogP contribution is -2.46. The van der Waals surface area contributed by atoms with Gasteiger partial charge in [-0.1, -0.05) is 108 Å². The van der Waals surface area contributed by atoms with Crippen molar-refractivity contribution in [3.8, 4) is 16.8 Å². The molecule has 2 aromatic carbocycles. The fourth-order valence-corrected chi connectivity index (χ4v) is 13.3. The molecule has 1 unspecified atom stereocenters. The van der Waals surface area contributed by atoms with E-state index < -0.39 is 16.1 Å². The molecule has 0 spiro atoms. The molecule has 0 fully saturated rings. The van der Waals surface area contributed by atoms with Crippen LogP contribution < -0.4 is 9.92 Å². The first-order valence-electron chi connectivity index (χ1n) is 11.1. The van der Waals surface area contributed by atoms with E-state index >= 15 is 0 Å². The lowest BCUT2D eigenvalue weighted by molar-refractivity contribution is 0.414. The predicted octanol–water partition coefficient (Wildman–Crippen LogP) is 6.99. The Morgan fingerprint density at radius 3 is 1.83 bits per heavy atom. The van der Waals surface area contributed by atoms with Crippen LogP contribution in [0.25, 0.3) is 6.08 Å². The molecule has 1 atom stereocenters. The van der Waals surface area contributed by atoms with Crippen LogP contribution in [0.2, 0.25) is 23.2 Å². The normalized spacial score (nSPS) is 14.1. The first kappa shape index (κ1) is 24.2. The van der Waals surface area contributed by atoms with Crippen LogP contribution in [0.1, 0.15) is 47.1 Å². The van der Waals surface area contributed by atoms with E-state index in [9.17, 15) is 0 Å². The molecule has 0 saturated heterocycles. The molecule has 3 heteroatoms. The van der Waals surface area contributed by atoms with Gasteiger partial charge < -0.3 is 4.74 Å². The molecule has 0 saturated carbocycles. The van der Waals surface area contributed by atoms with Crippen LogP contribution in [0.3, 0.4) is 0 Å². The molecular weight excluding hydrogens is 396 g/mol. The van der Waals surface area contributed by atoms with Gasteiger partial charge in [0.25, 0.3) is 0 Å². The van der Waals surface area contributed by atoms with E-state index in [1.807, 2.05) is 12.1 Å². The Morgan fingerprint density at radius 2 is 1.30 bits per heavy atom. The Bertz CT molecular complexity index is 881. The summed E-state index contributed by atoms with van der Waals surface area (Å²) in [6, 6.07) is 19.0. The summed E-state index contributed by atoms with van der Waals surface area (Å²) in [6.07, 6.45) is 2.22. The molecule has 0 bridgehead atoms. The molecule has 160 valence electrons. The van der Waals surface area contributed by atoms with Gasteiger partial charge in [0.1, 0.15) is 13.8 Å². The van der Waals surface area contributed by atoms with Crippen LogP contribution in [0.15, 0.2) is 60.3 Å². The van der Waals surface area contributed by atoms with Crippen molar-refractivity contribution in [1.82, 2.24) is 0 Å². The minimum Gasteiger partial charge on any atom is -0.496 e. The highest BCUT2D eigenvalue weighted by Gasteiger charge is 2.42. The molecule has 30 heavy (non-hydrogen) atoms. The van der Waals surface area contributed by atoms with E-state index in [0.717, 1.165) is 11.3 Å². The lowest BCUT2D eigenvalue weighted by atomic mass is 10.2. The number of para-hydroxylation sites is 1. The van der Waals surface area contributed by atoms with Gasteiger partial charge in [-0.15, -0.1) is 11.1 Å². The zero-order chi connectivity index (χ0) is 22.4. The molecule has 2 aromatic rings. The number of methoxy groups -OCH3 is 1. The Hall–Kier alpha value is -2.03. The van der Waals surface area contributed by atoms with Crippen LogP contribution in [-0.2, 0) is 0 Å². The third-order valence-electron chi connectivity index (χ3n) is 6.51. The Kier molecular flexibility index (Phi) is 8.35. The Balaban J connectivity index is 2.63. The van der Waals surface area contributed by atoms with Crippen molar-refractivity contribution < 1.29 is 4.74 Å². The number of hydrogen-bond donors (Lipinski definition) is 0. The summed E-state index contributed by atoms with van der Waals surface area (Å²) >= 11 is 0. The minimum absolute atomic E-state index is 0.636. The molecule has 0 aliphatic carbocycles. The summed E-state index contributed by atoms with van der Waals surface area (Å²) < 4.78 is 5.56. The maximum Gasteiger partial charge on any atom is 0.188 e. The molecule has 2 rings (SSSR count). The zero-order valence-electron chi connectivity index (χ0n) is 20.0. The standard InChI is InChI=1S/C27H38OSi2/c1-22(2)30(23(3)4,24(5)6)21-20-29(8,26-15-10-9-11-16-26)19-18-25-14-12-13-17-27(25)28-7/h9-19,22-24H,1-8H3/b19-18+. The van der Waals surface area contributed by atoms with Gasteiger partial charge in [-0.3, -0.25) is 0 Å². The Labute approximate surface area is 186 Å². The van der Waals surface area contributed by atoms with Crippen molar-refractivity contribution in [1.29, 1.82) is 0 Å². The first-order valence-corrected chi connectivity index (χ1v) is 15.9. The van der Waals surface area contributed by atoms with E-state index in [2.05, 4.69) is 113 Å². The summed E-state index contributed by atoms with van der Waals surface area (Å²) in [4.78, 5) is 0. The minimum atomic E-state index is -2.15. The summed E-state index contributed by atoms with van der Waals surface area (Å²) in [5.74, 6) is 0.904. The molecule has 0 radical (unpaired) electrons. The zero-order valence-corrected chi connectivity index (χ0v) is 22.0. The highest BCUT2D eigenvalue weighted by atomic mass is 28.3. The van der Waals surface area contributed by atoms with Crippen molar-refractivity contribution in [3.05, 3.63) is 65.9 Å². The van der Waals surface area contributed by atoms with Gasteiger partial charge in [-0.2, -0.15) is 0 Å². The molecular formula is C27H38OSi2. The monoisotopic (exact) mass is 434 g/mol. The highest BCUT2D eigenvalue weighted by molar-refractivity contribution is 7.03. The van der Waals surface area contributed by atoms with Crippen LogP contribution in [0.5, 0.6) is 5.75 Å². The second-order valence-corrected chi connectivity index (χ2v) is 18.4. The maximum atomic E-state index is 5.56. The quantitative estimate of drug-likeness (QED) is 0.337. The van der Waals surface area contributed by atoms with Gasteiger partial charge in [0, 0.05) is 5.56 Å². The largest absolute Gasteiger partial charge is 0.496 e. The smallest absolute Gasteiger partial charge is 0.188 e. The van der Waals surface area contributed by atoms with Gasteiger partial charge in [0.2, 0.25) is 0 Å². The van der Waals surface area contributed by atoms with Crippen molar-refractivity contribution >= 4 is 27.4 Å². The summed E-state index contributed by atoms with van der Waals surface area (Å²) in [6.45, 7) is 16.7. The van der Waals surface area contributed by atoms with Gasteiger partial charge in [-0.05, 0) is 27.9 Å². The fourth-order valence-electron chi connectivity index (χ4n) is 4.73. The van der Waals surface area contributed by atoms with E-state index in [4.69, 9.17) is 4.74 Å². The second kappa shape index (κ2) is 10.3. The first-order chi connectivity index (χ1) is 14.2. The highest BCUT2D eigenvalue weighted by Crippen LogP contribution is 2.40. The van der Waals surface area contributed by atoms with Crippen LogP contribution >= 0.6 is 0 Å². The van der Waals surface area contributed by atoms with E-state index in [0.29, 0.717) is 16.6 Å². The summed E-state index contributed by atoms with van der Waals surface area (Å²) in [5.41, 5.74) is 13.3. The topological polar surface area (TPSA) is 9.23 Å².